The van der Waals surface area contributed by atoms with E-state index in [1.54, 1.807) is 0 Å². The van der Waals surface area contributed by atoms with E-state index in [0.717, 1.165) is 6.07 Å². The predicted molar refractivity (Wildman–Crippen MR) is 43.4 cm³/mol. The molecule has 0 aliphatic carbocycles. The largest absolute Gasteiger partial charge is 0.269 e. The summed E-state index contributed by atoms with van der Waals surface area (Å²) in [4.78, 5) is 3.19. The predicted octanol–water partition coefficient (Wildman–Crippen LogP) is 2.77. The zero-order valence-corrected chi connectivity index (χ0v) is 7.52. The van der Waals surface area contributed by atoms with Gasteiger partial charge in [0.05, 0.1) is 28.8 Å². The Morgan fingerprint density at radius 3 is 2.64 bits per heavy atom. The summed E-state index contributed by atoms with van der Waals surface area (Å²) in [5, 5.41) is 8.49. The van der Waals surface area contributed by atoms with Gasteiger partial charge in [-0.1, -0.05) is 0 Å². The van der Waals surface area contributed by atoms with Crippen LogP contribution in [0.1, 0.15) is 23.2 Å². The molecule has 74 valence electrons. The van der Waals surface area contributed by atoms with E-state index in [4.69, 9.17) is 16.9 Å². The van der Waals surface area contributed by atoms with Gasteiger partial charge in [0.1, 0.15) is 0 Å². The van der Waals surface area contributed by atoms with E-state index in [-0.39, 0.29) is 11.6 Å². The third-order valence-electron chi connectivity index (χ3n) is 1.54. The summed E-state index contributed by atoms with van der Waals surface area (Å²) in [6.07, 6.45) is -3.05. The molecule has 0 saturated carbocycles. The monoisotopic (exact) mass is 220 g/mol. The number of hydrogen-bond acceptors (Lipinski definition) is 2. The van der Waals surface area contributed by atoms with Crippen LogP contribution in [-0.2, 0) is 5.88 Å². The van der Waals surface area contributed by atoms with Crippen LogP contribution in [0.5, 0.6) is 0 Å². The Labute approximate surface area is 82.9 Å². The topological polar surface area (TPSA) is 36.7 Å². The second-order valence-electron chi connectivity index (χ2n) is 2.41. The molecule has 0 aliphatic rings. The molecule has 0 atom stereocenters. The van der Waals surface area contributed by atoms with Crippen molar-refractivity contribution in [1.29, 1.82) is 5.26 Å². The van der Waals surface area contributed by atoms with Crippen molar-refractivity contribution in [2.75, 3.05) is 0 Å². The number of alkyl halides is 3. The highest BCUT2D eigenvalue weighted by atomic mass is 35.5. The first kappa shape index (κ1) is 10.8. The highest BCUT2D eigenvalue weighted by Gasteiger charge is 2.20. The van der Waals surface area contributed by atoms with Gasteiger partial charge in [0.2, 0.25) is 5.95 Å². The van der Waals surface area contributed by atoms with Gasteiger partial charge in [-0.25, -0.2) is 13.8 Å². The first-order valence-corrected chi connectivity index (χ1v) is 4.07. The molecule has 0 aliphatic heterocycles. The minimum atomic E-state index is -3.05. The maximum Gasteiger partial charge on any atom is 0.269 e. The van der Waals surface area contributed by atoms with Gasteiger partial charge in [0.15, 0.2) is 0 Å². The fraction of sp³-hybridized carbons (Fsp3) is 0.250. The van der Waals surface area contributed by atoms with Gasteiger partial charge >= 0.3 is 0 Å². The second-order valence-corrected chi connectivity index (χ2v) is 2.68. The van der Waals surface area contributed by atoms with Crippen molar-refractivity contribution in [2.45, 2.75) is 12.3 Å². The van der Waals surface area contributed by atoms with Crippen LogP contribution >= 0.6 is 11.6 Å². The Balaban J connectivity index is 3.37. The Hall–Kier alpha value is -1.28. The molecule has 0 aromatic carbocycles. The lowest BCUT2D eigenvalue weighted by Crippen LogP contribution is -2.02. The summed E-state index contributed by atoms with van der Waals surface area (Å²) >= 11 is 5.33. The number of halogens is 4. The summed E-state index contributed by atoms with van der Waals surface area (Å²) in [5.74, 6) is -1.47. The van der Waals surface area contributed by atoms with E-state index >= 15 is 0 Å². The van der Waals surface area contributed by atoms with Crippen molar-refractivity contribution in [3.05, 3.63) is 28.8 Å². The van der Waals surface area contributed by atoms with Gasteiger partial charge in [-0.15, -0.1) is 11.6 Å². The molecule has 1 aromatic heterocycles. The summed E-state index contributed by atoms with van der Waals surface area (Å²) in [5.41, 5.74) is -1.34. The number of hydrogen-bond donors (Lipinski definition) is 0. The van der Waals surface area contributed by atoms with E-state index in [1.807, 2.05) is 0 Å². The van der Waals surface area contributed by atoms with Gasteiger partial charge in [0, 0.05) is 0 Å². The quantitative estimate of drug-likeness (QED) is 0.568. The Morgan fingerprint density at radius 2 is 2.21 bits per heavy atom. The number of nitriles is 1. The van der Waals surface area contributed by atoms with Crippen LogP contribution in [0.2, 0.25) is 0 Å². The molecule has 0 N–H and O–H groups in total. The number of rotatable bonds is 2. The van der Waals surface area contributed by atoms with Gasteiger partial charge < -0.3 is 0 Å². The maximum atomic E-state index is 12.9. The van der Waals surface area contributed by atoms with Crippen molar-refractivity contribution < 1.29 is 13.2 Å². The first-order chi connectivity index (χ1) is 6.60. The second kappa shape index (κ2) is 4.29. The standard InChI is InChI=1S/C8H4ClF3N2/c9-2-5-1-4(3-13)6(7(10)11)8(12)14-5/h1,7H,2H2. The molecule has 6 heteroatoms. The number of pyridine rings is 1. The molecule has 0 spiro atoms. The maximum absolute atomic E-state index is 12.9. The summed E-state index contributed by atoms with van der Waals surface area (Å²) < 4.78 is 37.4. The molecule has 0 bridgehead atoms. The van der Waals surface area contributed by atoms with E-state index in [2.05, 4.69) is 4.98 Å². The van der Waals surface area contributed by atoms with Crippen LogP contribution < -0.4 is 0 Å². The minimum Gasteiger partial charge on any atom is -0.223 e. The van der Waals surface area contributed by atoms with Crippen molar-refractivity contribution in [3.63, 3.8) is 0 Å². The van der Waals surface area contributed by atoms with Gasteiger partial charge in [-0.05, 0) is 6.07 Å². The molecule has 14 heavy (non-hydrogen) atoms. The third-order valence-corrected chi connectivity index (χ3v) is 1.81. The van der Waals surface area contributed by atoms with Crippen molar-refractivity contribution in [3.8, 4) is 6.07 Å². The molecule has 0 radical (unpaired) electrons. The van der Waals surface area contributed by atoms with Crippen LogP contribution in [0.25, 0.3) is 0 Å². The lowest BCUT2D eigenvalue weighted by atomic mass is 10.1. The van der Waals surface area contributed by atoms with Crippen LogP contribution in [0.15, 0.2) is 6.07 Å². The molecular formula is C8H4ClF3N2. The zero-order chi connectivity index (χ0) is 10.7. The molecule has 0 unspecified atom stereocenters. The van der Waals surface area contributed by atoms with Crippen molar-refractivity contribution in [1.82, 2.24) is 4.98 Å². The SMILES string of the molecule is N#Cc1cc(CCl)nc(F)c1C(F)F. The van der Waals surface area contributed by atoms with Crippen LogP contribution in [0, 0.1) is 17.3 Å². The van der Waals surface area contributed by atoms with E-state index in [0.29, 0.717) is 0 Å². The van der Waals surface area contributed by atoms with E-state index < -0.39 is 23.5 Å². The van der Waals surface area contributed by atoms with Crippen molar-refractivity contribution >= 4 is 11.6 Å². The molecule has 1 heterocycles. The number of nitrogens with zero attached hydrogens (tertiary/aromatic N) is 2. The fourth-order valence-corrected chi connectivity index (χ4v) is 1.08. The lowest BCUT2D eigenvalue weighted by Gasteiger charge is -2.04. The molecule has 1 aromatic rings. The third kappa shape index (κ3) is 1.96. The highest BCUT2D eigenvalue weighted by molar-refractivity contribution is 6.16. The van der Waals surface area contributed by atoms with Gasteiger partial charge in [0.25, 0.3) is 6.43 Å². The first-order valence-electron chi connectivity index (χ1n) is 3.53. The molecular weight excluding hydrogens is 217 g/mol. The number of aromatic nitrogens is 1. The Kier molecular flexibility index (Phi) is 3.31. The molecule has 2 nitrogen and oxygen atoms in total. The summed E-state index contributed by atoms with van der Waals surface area (Å²) in [7, 11) is 0. The Morgan fingerprint density at radius 1 is 1.57 bits per heavy atom. The molecule has 0 saturated heterocycles. The smallest absolute Gasteiger partial charge is 0.223 e. The van der Waals surface area contributed by atoms with Crippen molar-refractivity contribution in [2.24, 2.45) is 0 Å². The van der Waals surface area contributed by atoms with Crippen LogP contribution in [-0.4, -0.2) is 4.98 Å². The van der Waals surface area contributed by atoms with Crippen LogP contribution in [0.4, 0.5) is 13.2 Å². The normalized spacial score (nSPS) is 10.3. The fourth-order valence-electron chi connectivity index (χ4n) is 0.943. The van der Waals surface area contributed by atoms with E-state index in [9.17, 15) is 13.2 Å². The van der Waals surface area contributed by atoms with Gasteiger partial charge in [-0.2, -0.15) is 9.65 Å². The van der Waals surface area contributed by atoms with Gasteiger partial charge in [-0.3, -0.25) is 0 Å². The minimum absolute atomic E-state index is 0.0603. The Bertz CT molecular complexity index is 387. The average molecular weight is 221 g/mol. The lowest BCUT2D eigenvalue weighted by molar-refractivity contribution is 0.144. The zero-order valence-electron chi connectivity index (χ0n) is 6.77. The van der Waals surface area contributed by atoms with E-state index in [1.165, 1.54) is 6.07 Å². The summed E-state index contributed by atoms with van der Waals surface area (Å²) in [6.45, 7) is 0. The average Bonchev–Trinajstić information content (AvgIpc) is 2.15. The molecule has 0 amide bonds. The molecule has 0 fully saturated rings. The van der Waals surface area contributed by atoms with Crippen LogP contribution in [0.3, 0.4) is 0 Å². The molecule has 1 rings (SSSR count). The summed E-state index contributed by atoms with van der Waals surface area (Å²) in [6, 6.07) is 2.53. The highest BCUT2D eigenvalue weighted by Crippen LogP contribution is 2.25.